The topological polar surface area (TPSA) is 24.9 Å². The third-order valence-electron chi connectivity index (χ3n) is 3.12. The number of likely N-dealkylation sites (N-methyl/N-ethyl adjacent to an activating group) is 1. The van der Waals surface area contributed by atoms with Crippen LogP contribution in [0.1, 0.15) is 22.9 Å². The van der Waals surface area contributed by atoms with Crippen molar-refractivity contribution < 1.29 is 8.78 Å². The van der Waals surface area contributed by atoms with Gasteiger partial charge in [-0.3, -0.25) is 4.98 Å². The summed E-state index contributed by atoms with van der Waals surface area (Å²) in [5, 5.41) is 3.10. The standard InChI is InChI=1S/C15H16F2N2/c1-10-3-4-11(9-19-10)15(18-2)8-12-7-13(16)5-6-14(12)17/h3-7,9,15,18H,8H2,1-2H3. The summed E-state index contributed by atoms with van der Waals surface area (Å²) >= 11 is 0. The number of hydrogen-bond donors (Lipinski definition) is 1. The zero-order chi connectivity index (χ0) is 13.8. The van der Waals surface area contributed by atoms with Gasteiger partial charge in [-0.1, -0.05) is 6.07 Å². The van der Waals surface area contributed by atoms with Crippen LogP contribution in [-0.4, -0.2) is 12.0 Å². The van der Waals surface area contributed by atoms with Gasteiger partial charge in [0.05, 0.1) is 0 Å². The number of rotatable bonds is 4. The highest BCUT2D eigenvalue weighted by atomic mass is 19.1. The number of pyridine rings is 1. The summed E-state index contributed by atoms with van der Waals surface area (Å²) in [5.41, 5.74) is 2.24. The zero-order valence-electron chi connectivity index (χ0n) is 11.0. The first-order valence-electron chi connectivity index (χ1n) is 6.14. The lowest BCUT2D eigenvalue weighted by Crippen LogP contribution is -2.19. The molecule has 0 fully saturated rings. The van der Waals surface area contributed by atoms with Gasteiger partial charge in [0.1, 0.15) is 11.6 Å². The molecule has 0 aliphatic rings. The molecule has 2 nitrogen and oxygen atoms in total. The summed E-state index contributed by atoms with van der Waals surface area (Å²) in [4.78, 5) is 4.22. The van der Waals surface area contributed by atoms with Crippen molar-refractivity contribution in [1.82, 2.24) is 10.3 Å². The fourth-order valence-corrected chi connectivity index (χ4v) is 1.99. The van der Waals surface area contributed by atoms with Crippen LogP contribution in [0.2, 0.25) is 0 Å². The summed E-state index contributed by atoms with van der Waals surface area (Å²) in [6, 6.07) is 7.28. The molecule has 1 atom stereocenters. The van der Waals surface area contributed by atoms with Gasteiger partial charge in [0.2, 0.25) is 0 Å². The van der Waals surface area contributed by atoms with Crippen LogP contribution in [0.5, 0.6) is 0 Å². The molecule has 0 aliphatic heterocycles. The largest absolute Gasteiger partial charge is 0.313 e. The Morgan fingerprint density at radius 3 is 2.63 bits per heavy atom. The molecule has 0 amide bonds. The van der Waals surface area contributed by atoms with E-state index in [4.69, 9.17) is 0 Å². The lowest BCUT2D eigenvalue weighted by molar-refractivity contribution is 0.543. The fourth-order valence-electron chi connectivity index (χ4n) is 1.99. The highest BCUT2D eigenvalue weighted by Crippen LogP contribution is 2.20. The average molecular weight is 262 g/mol. The Labute approximate surface area is 111 Å². The molecule has 0 saturated heterocycles. The fraction of sp³-hybridized carbons (Fsp3) is 0.267. The first-order valence-corrected chi connectivity index (χ1v) is 6.14. The minimum absolute atomic E-state index is 0.0931. The van der Waals surface area contributed by atoms with E-state index in [2.05, 4.69) is 10.3 Å². The summed E-state index contributed by atoms with van der Waals surface area (Å²) in [6.45, 7) is 1.91. The molecule has 1 unspecified atom stereocenters. The first kappa shape index (κ1) is 13.6. The van der Waals surface area contributed by atoms with E-state index < -0.39 is 5.82 Å². The molecule has 0 saturated carbocycles. The number of benzene rings is 1. The highest BCUT2D eigenvalue weighted by molar-refractivity contribution is 5.24. The monoisotopic (exact) mass is 262 g/mol. The van der Waals surface area contributed by atoms with Gasteiger partial charge in [-0.15, -0.1) is 0 Å². The Kier molecular flexibility index (Phi) is 4.22. The van der Waals surface area contributed by atoms with Crippen molar-refractivity contribution in [3.8, 4) is 0 Å². The molecular formula is C15H16F2N2. The molecule has 1 heterocycles. The molecule has 0 spiro atoms. The van der Waals surface area contributed by atoms with Gasteiger partial charge in [0.25, 0.3) is 0 Å². The van der Waals surface area contributed by atoms with Gasteiger partial charge in [-0.2, -0.15) is 0 Å². The van der Waals surface area contributed by atoms with Gasteiger partial charge in [0.15, 0.2) is 0 Å². The molecule has 2 aromatic rings. The van der Waals surface area contributed by atoms with Crippen LogP contribution in [0.15, 0.2) is 36.5 Å². The molecule has 2 rings (SSSR count). The molecular weight excluding hydrogens is 246 g/mol. The average Bonchev–Trinajstić information content (AvgIpc) is 2.41. The van der Waals surface area contributed by atoms with E-state index in [1.54, 1.807) is 13.2 Å². The summed E-state index contributed by atoms with van der Waals surface area (Å²) in [7, 11) is 1.79. The number of aromatic nitrogens is 1. The number of halogens is 2. The second-order valence-electron chi connectivity index (χ2n) is 4.51. The van der Waals surface area contributed by atoms with Crippen molar-refractivity contribution >= 4 is 0 Å². The third-order valence-corrected chi connectivity index (χ3v) is 3.12. The highest BCUT2D eigenvalue weighted by Gasteiger charge is 2.13. The Morgan fingerprint density at radius 2 is 2.00 bits per heavy atom. The quantitative estimate of drug-likeness (QED) is 0.915. The lowest BCUT2D eigenvalue weighted by Gasteiger charge is -2.17. The van der Waals surface area contributed by atoms with E-state index in [0.29, 0.717) is 12.0 Å². The normalized spacial score (nSPS) is 12.4. The maximum Gasteiger partial charge on any atom is 0.126 e. The lowest BCUT2D eigenvalue weighted by atomic mass is 9.99. The summed E-state index contributed by atoms with van der Waals surface area (Å²) < 4.78 is 26.8. The van der Waals surface area contributed by atoms with Gasteiger partial charge >= 0.3 is 0 Å². The minimum atomic E-state index is -0.423. The van der Waals surface area contributed by atoms with Crippen molar-refractivity contribution in [1.29, 1.82) is 0 Å². The van der Waals surface area contributed by atoms with E-state index in [1.807, 2.05) is 19.1 Å². The molecule has 0 aliphatic carbocycles. The molecule has 100 valence electrons. The van der Waals surface area contributed by atoms with Crippen LogP contribution in [0.25, 0.3) is 0 Å². The van der Waals surface area contributed by atoms with Gasteiger partial charge < -0.3 is 5.32 Å². The number of aryl methyl sites for hydroxylation is 1. The van der Waals surface area contributed by atoms with Crippen molar-refractivity contribution in [3.05, 3.63) is 65.0 Å². The van der Waals surface area contributed by atoms with E-state index >= 15 is 0 Å². The van der Waals surface area contributed by atoms with E-state index in [1.165, 1.54) is 6.07 Å². The smallest absolute Gasteiger partial charge is 0.126 e. The first-order chi connectivity index (χ1) is 9.10. The second-order valence-corrected chi connectivity index (χ2v) is 4.51. The molecule has 0 radical (unpaired) electrons. The molecule has 1 aromatic carbocycles. The number of hydrogen-bond acceptors (Lipinski definition) is 2. The predicted octanol–water partition coefficient (Wildman–Crippen LogP) is 3.17. The zero-order valence-corrected chi connectivity index (χ0v) is 11.0. The molecule has 1 N–H and O–H groups in total. The predicted molar refractivity (Wildman–Crippen MR) is 70.8 cm³/mol. The minimum Gasteiger partial charge on any atom is -0.313 e. The molecule has 19 heavy (non-hydrogen) atoms. The maximum atomic E-state index is 13.6. The Balaban J connectivity index is 2.23. The number of nitrogens with zero attached hydrogens (tertiary/aromatic N) is 1. The van der Waals surface area contributed by atoms with Gasteiger partial charge in [0, 0.05) is 17.9 Å². The van der Waals surface area contributed by atoms with Crippen molar-refractivity contribution in [2.24, 2.45) is 0 Å². The van der Waals surface area contributed by atoms with Crippen LogP contribution >= 0.6 is 0 Å². The van der Waals surface area contributed by atoms with E-state index in [9.17, 15) is 8.78 Å². The summed E-state index contributed by atoms with van der Waals surface area (Å²) in [5.74, 6) is -0.810. The molecule has 0 bridgehead atoms. The van der Waals surface area contributed by atoms with E-state index in [0.717, 1.165) is 23.4 Å². The Hall–Kier alpha value is -1.81. The van der Waals surface area contributed by atoms with E-state index in [-0.39, 0.29) is 11.9 Å². The SMILES string of the molecule is CNC(Cc1cc(F)ccc1F)c1ccc(C)nc1. The number of nitrogens with one attached hydrogen (secondary N) is 1. The Morgan fingerprint density at radius 1 is 1.21 bits per heavy atom. The summed E-state index contributed by atoms with van der Waals surface area (Å²) in [6.07, 6.45) is 2.14. The van der Waals surface area contributed by atoms with Crippen molar-refractivity contribution in [3.63, 3.8) is 0 Å². The third kappa shape index (κ3) is 3.35. The van der Waals surface area contributed by atoms with Crippen LogP contribution < -0.4 is 5.32 Å². The maximum absolute atomic E-state index is 13.6. The van der Waals surface area contributed by atoms with Crippen molar-refractivity contribution in [2.75, 3.05) is 7.05 Å². The molecule has 1 aromatic heterocycles. The van der Waals surface area contributed by atoms with Crippen LogP contribution in [-0.2, 0) is 6.42 Å². The Bertz CT molecular complexity index is 553. The molecule has 4 heteroatoms. The van der Waals surface area contributed by atoms with Crippen LogP contribution in [0.4, 0.5) is 8.78 Å². The van der Waals surface area contributed by atoms with Gasteiger partial charge in [-0.25, -0.2) is 8.78 Å². The second kappa shape index (κ2) is 5.89. The van der Waals surface area contributed by atoms with Crippen molar-refractivity contribution in [2.45, 2.75) is 19.4 Å². The van der Waals surface area contributed by atoms with Crippen LogP contribution in [0, 0.1) is 18.6 Å². The van der Waals surface area contributed by atoms with Gasteiger partial charge in [-0.05, 0) is 55.8 Å². The van der Waals surface area contributed by atoms with Crippen LogP contribution in [0.3, 0.4) is 0 Å².